The van der Waals surface area contributed by atoms with E-state index in [1.165, 1.54) is 0 Å². The molecule has 10 heteroatoms. The summed E-state index contributed by atoms with van der Waals surface area (Å²) in [6.45, 7) is 18.5. The van der Waals surface area contributed by atoms with E-state index in [1.807, 2.05) is 49.1 Å². The second-order valence-corrected chi connectivity index (χ2v) is 15.0. The molecule has 0 radical (unpaired) electrons. The molecule has 0 aromatic heterocycles. The van der Waals surface area contributed by atoms with Gasteiger partial charge in [0.05, 0.1) is 42.4 Å². The van der Waals surface area contributed by atoms with E-state index in [0.717, 1.165) is 25.2 Å². The number of carbonyl (C=O) groups is 3. The topological polar surface area (TPSA) is 93.6 Å². The Kier molecular flexibility index (Phi) is 9.94. The maximum atomic E-state index is 14.8. The quantitative estimate of drug-likeness (QED) is 0.338. The minimum absolute atomic E-state index is 0.0794. The lowest BCUT2D eigenvalue weighted by Crippen LogP contribution is -2.59. The number of para-hydroxylation sites is 1. The molecule has 2 bridgehead atoms. The monoisotopic (exact) mass is 624 g/mol. The number of anilines is 1. The van der Waals surface area contributed by atoms with Crippen LogP contribution in [0.4, 0.5) is 5.69 Å². The number of fused-ring (bicyclic) bond motifs is 1. The molecule has 4 fully saturated rings. The zero-order valence-corrected chi connectivity index (χ0v) is 27.2. The molecule has 240 valence electrons. The Balaban J connectivity index is 1.54. The lowest BCUT2D eigenvalue weighted by molar-refractivity contribution is -0.147. The van der Waals surface area contributed by atoms with Gasteiger partial charge in [-0.1, -0.05) is 44.2 Å². The van der Waals surface area contributed by atoms with Crippen LogP contribution >= 0.6 is 11.8 Å². The molecule has 1 aromatic rings. The Labute approximate surface area is 266 Å². The van der Waals surface area contributed by atoms with Gasteiger partial charge in [-0.2, -0.15) is 0 Å². The van der Waals surface area contributed by atoms with Crippen molar-refractivity contribution in [3.63, 3.8) is 0 Å². The van der Waals surface area contributed by atoms with Crippen LogP contribution in [0.3, 0.4) is 0 Å². The van der Waals surface area contributed by atoms with E-state index < -0.39 is 33.4 Å². The number of aliphatic hydroxyl groups is 1. The van der Waals surface area contributed by atoms with E-state index >= 15 is 0 Å². The van der Waals surface area contributed by atoms with Crippen molar-refractivity contribution in [2.24, 2.45) is 17.8 Å². The summed E-state index contributed by atoms with van der Waals surface area (Å²) in [5.74, 6) is -1.78. The number of aliphatic hydroxyl groups excluding tert-OH is 1. The number of amides is 3. The van der Waals surface area contributed by atoms with Gasteiger partial charge in [-0.3, -0.25) is 19.3 Å². The molecule has 3 amide bonds. The van der Waals surface area contributed by atoms with Crippen LogP contribution in [0.5, 0.6) is 0 Å². The van der Waals surface area contributed by atoms with E-state index in [-0.39, 0.29) is 30.2 Å². The zero-order chi connectivity index (χ0) is 31.6. The van der Waals surface area contributed by atoms with Gasteiger partial charge in [-0.15, -0.1) is 24.9 Å². The molecule has 1 N–H and O–H groups in total. The second kappa shape index (κ2) is 13.4. The van der Waals surface area contributed by atoms with E-state index in [1.54, 1.807) is 33.7 Å². The lowest BCUT2D eigenvalue weighted by Gasteiger charge is -2.41. The number of carbonyl (C=O) groups excluding carboxylic acids is 3. The number of thioether (sulfide) groups is 1. The number of likely N-dealkylation sites (tertiary alicyclic amines) is 1. The van der Waals surface area contributed by atoms with Gasteiger partial charge in [0.15, 0.2) is 0 Å². The first-order valence-corrected chi connectivity index (χ1v) is 16.8. The first-order chi connectivity index (χ1) is 21.1. The van der Waals surface area contributed by atoms with E-state index in [0.29, 0.717) is 45.8 Å². The van der Waals surface area contributed by atoms with Crippen molar-refractivity contribution >= 4 is 35.2 Å². The summed E-state index contributed by atoms with van der Waals surface area (Å²) in [6.07, 6.45) is 4.84. The normalized spacial score (nSPS) is 30.3. The highest BCUT2D eigenvalue weighted by Crippen LogP contribution is 2.72. The summed E-state index contributed by atoms with van der Waals surface area (Å²) in [5.41, 5.74) is 0.758. The molecule has 0 saturated carbocycles. The van der Waals surface area contributed by atoms with Gasteiger partial charge < -0.3 is 24.5 Å². The molecule has 1 aromatic carbocycles. The predicted molar refractivity (Wildman–Crippen MR) is 174 cm³/mol. The number of rotatable bonds is 13. The fourth-order valence-corrected chi connectivity index (χ4v) is 10.3. The molecule has 4 aliphatic heterocycles. The molecular weight excluding hydrogens is 576 g/mol. The smallest absolute Gasteiger partial charge is 0.247 e. The number of morpholine rings is 1. The Bertz CT molecular complexity index is 1240. The van der Waals surface area contributed by atoms with Gasteiger partial charge in [-0.05, 0) is 37.8 Å². The molecule has 1 spiro atoms. The highest BCUT2D eigenvalue weighted by atomic mass is 32.2. The van der Waals surface area contributed by atoms with E-state index in [9.17, 15) is 19.5 Å². The van der Waals surface area contributed by atoms with Gasteiger partial charge in [0.25, 0.3) is 0 Å². The van der Waals surface area contributed by atoms with Gasteiger partial charge in [-0.25, -0.2) is 0 Å². The number of hydrogen-bond donors (Lipinski definition) is 1. The maximum Gasteiger partial charge on any atom is 0.247 e. The standard InChI is InChI=1S/C34H48N4O5S/c1-6-15-36(18-17-35-19-21-43-22-20-35)32(42)29-34-14-13-33(5,44-34)27(28(34)31(41)38(29)26(23-39)24(3)4)30(40)37(16-7-2)25-11-9-8-10-12-25/h6-12,24,26-29,39H,1-2,13-23H2,3-5H3/t26-,27+,28-,29?,33-,34?/m0/s1. The number of ether oxygens (including phenoxy) is 1. The summed E-state index contributed by atoms with van der Waals surface area (Å²) in [5, 5.41) is 10.6. The van der Waals surface area contributed by atoms with Crippen LogP contribution in [-0.2, 0) is 19.1 Å². The summed E-state index contributed by atoms with van der Waals surface area (Å²) in [7, 11) is 0. The molecule has 2 unspecified atom stereocenters. The molecule has 4 saturated heterocycles. The van der Waals surface area contributed by atoms with Crippen molar-refractivity contribution in [1.82, 2.24) is 14.7 Å². The fourth-order valence-electron chi connectivity index (χ4n) is 7.93. The Hall–Kier alpha value is -2.66. The number of nitrogens with zero attached hydrogens (tertiary/aromatic N) is 4. The fraction of sp³-hybridized carbons (Fsp3) is 0.618. The van der Waals surface area contributed by atoms with Crippen molar-refractivity contribution in [1.29, 1.82) is 0 Å². The maximum absolute atomic E-state index is 14.8. The average molecular weight is 625 g/mol. The van der Waals surface area contributed by atoms with Crippen LogP contribution in [0, 0.1) is 17.8 Å². The molecule has 9 nitrogen and oxygen atoms in total. The van der Waals surface area contributed by atoms with Crippen LogP contribution in [0.1, 0.15) is 33.6 Å². The van der Waals surface area contributed by atoms with Crippen LogP contribution in [0.2, 0.25) is 0 Å². The largest absolute Gasteiger partial charge is 0.394 e. The zero-order valence-electron chi connectivity index (χ0n) is 26.4. The second-order valence-electron chi connectivity index (χ2n) is 13.1. The summed E-state index contributed by atoms with van der Waals surface area (Å²) in [4.78, 5) is 51.7. The van der Waals surface area contributed by atoms with Gasteiger partial charge in [0.2, 0.25) is 17.7 Å². The van der Waals surface area contributed by atoms with Gasteiger partial charge >= 0.3 is 0 Å². The average Bonchev–Trinajstić information content (AvgIpc) is 3.59. The molecule has 0 aliphatic carbocycles. The van der Waals surface area contributed by atoms with E-state index in [4.69, 9.17) is 4.74 Å². The van der Waals surface area contributed by atoms with Crippen molar-refractivity contribution in [3.8, 4) is 0 Å². The first-order valence-electron chi connectivity index (χ1n) is 15.9. The van der Waals surface area contributed by atoms with Crippen LogP contribution < -0.4 is 4.90 Å². The molecule has 4 aliphatic rings. The minimum Gasteiger partial charge on any atom is -0.394 e. The van der Waals surface area contributed by atoms with Crippen molar-refractivity contribution < 1.29 is 24.2 Å². The summed E-state index contributed by atoms with van der Waals surface area (Å²) in [6, 6.07) is 8.19. The Morgan fingerprint density at radius 3 is 2.41 bits per heavy atom. The van der Waals surface area contributed by atoms with Crippen molar-refractivity contribution in [2.45, 2.75) is 55.2 Å². The number of benzene rings is 1. The molecular formula is C34H48N4O5S. The third kappa shape index (κ3) is 5.63. The van der Waals surface area contributed by atoms with Gasteiger partial charge in [0, 0.05) is 49.7 Å². The first kappa shape index (κ1) is 32.7. The van der Waals surface area contributed by atoms with Crippen molar-refractivity contribution in [3.05, 3.63) is 55.6 Å². The molecule has 44 heavy (non-hydrogen) atoms. The molecule has 5 rings (SSSR count). The summed E-state index contributed by atoms with van der Waals surface area (Å²) >= 11 is 1.67. The third-order valence-electron chi connectivity index (χ3n) is 10.1. The summed E-state index contributed by atoms with van der Waals surface area (Å²) < 4.78 is 4.24. The SMILES string of the molecule is C=CCN(CCN1CCOCC1)C(=O)C1N([C@@H](CO)C(C)C)C(=O)[C@@H]2[C@H](C(=O)N(CC=C)c3ccccc3)[C@]3(C)CCC12S3. The highest BCUT2D eigenvalue weighted by Gasteiger charge is 2.78. The highest BCUT2D eigenvalue weighted by molar-refractivity contribution is 8.02. The van der Waals surface area contributed by atoms with Crippen LogP contribution in [0.25, 0.3) is 0 Å². The molecule has 4 heterocycles. The van der Waals surface area contributed by atoms with Crippen LogP contribution in [0.15, 0.2) is 55.6 Å². The lowest BCUT2D eigenvalue weighted by atomic mass is 9.66. The Morgan fingerprint density at radius 2 is 1.80 bits per heavy atom. The van der Waals surface area contributed by atoms with E-state index in [2.05, 4.69) is 25.0 Å². The third-order valence-corrected chi connectivity index (χ3v) is 12.1. The predicted octanol–water partition coefficient (Wildman–Crippen LogP) is 3.05. The number of hydrogen-bond acceptors (Lipinski definition) is 7. The molecule has 6 atom stereocenters. The van der Waals surface area contributed by atoms with Gasteiger partial charge in [0.1, 0.15) is 6.04 Å². The minimum atomic E-state index is -0.779. The van der Waals surface area contributed by atoms with Crippen LogP contribution in [-0.4, -0.2) is 118 Å². The van der Waals surface area contributed by atoms with Crippen molar-refractivity contribution in [2.75, 3.05) is 64.0 Å². The Morgan fingerprint density at radius 1 is 1.11 bits per heavy atom.